The average Bonchev–Trinajstić information content (AvgIpc) is 2.64. The van der Waals surface area contributed by atoms with E-state index in [1.807, 2.05) is 24.3 Å². The molecule has 0 amide bonds. The van der Waals surface area contributed by atoms with Crippen molar-refractivity contribution in [1.82, 2.24) is 9.97 Å². The minimum absolute atomic E-state index is 0.00196. The summed E-state index contributed by atoms with van der Waals surface area (Å²) in [5, 5.41) is 26.3. The van der Waals surface area contributed by atoms with Crippen LogP contribution >= 0.6 is 11.6 Å². The van der Waals surface area contributed by atoms with Gasteiger partial charge in [0.2, 0.25) is 0 Å². The van der Waals surface area contributed by atoms with Crippen LogP contribution in [0.1, 0.15) is 24.2 Å². The largest absolute Gasteiger partial charge is 0.506 e. The van der Waals surface area contributed by atoms with Crippen LogP contribution < -0.4 is 5.32 Å². The fourth-order valence-electron chi connectivity index (χ4n) is 2.73. The summed E-state index contributed by atoms with van der Waals surface area (Å²) in [7, 11) is 0. The third-order valence-electron chi connectivity index (χ3n) is 4.02. The number of oxime groups is 1. The zero-order valence-corrected chi connectivity index (χ0v) is 14.8. The molecule has 0 saturated heterocycles. The first-order chi connectivity index (χ1) is 12.7. The lowest BCUT2D eigenvalue weighted by Gasteiger charge is -2.09. The van der Waals surface area contributed by atoms with Crippen LogP contribution in [0.2, 0.25) is 5.02 Å². The highest BCUT2D eigenvalue weighted by atomic mass is 35.5. The summed E-state index contributed by atoms with van der Waals surface area (Å²) < 4.78 is 0. The van der Waals surface area contributed by atoms with Crippen molar-refractivity contribution in [3.8, 4) is 5.75 Å². The number of hydrogen-bond acceptors (Lipinski definition) is 6. The van der Waals surface area contributed by atoms with Gasteiger partial charge in [0.25, 0.3) is 0 Å². The van der Waals surface area contributed by atoms with Gasteiger partial charge in [0.1, 0.15) is 11.4 Å². The van der Waals surface area contributed by atoms with Gasteiger partial charge in [0, 0.05) is 34.5 Å². The van der Waals surface area contributed by atoms with Crippen LogP contribution in [0.25, 0.3) is 10.9 Å². The molecule has 1 aromatic carbocycles. The number of pyridine rings is 2. The maximum atomic E-state index is 9.62. The molecule has 7 heteroatoms. The Balaban J connectivity index is 1.53. The fraction of sp³-hybridized carbons (Fsp3) is 0.211. The Morgan fingerprint density at radius 2 is 2.04 bits per heavy atom. The van der Waals surface area contributed by atoms with E-state index in [4.69, 9.17) is 16.8 Å². The van der Waals surface area contributed by atoms with Gasteiger partial charge in [0.15, 0.2) is 0 Å². The first-order valence-electron chi connectivity index (χ1n) is 8.32. The molecule has 2 aromatic heterocycles. The van der Waals surface area contributed by atoms with Crippen LogP contribution in [0.3, 0.4) is 0 Å². The number of anilines is 1. The van der Waals surface area contributed by atoms with Gasteiger partial charge >= 0.3 is 0 Å². The molecule has 0 aliphatic rings. The molecule has 3 rings (SSSR count). The average molecular weight is 371 g/mol. The molecule has 134 valence electrons. The molecule has 6 nitrogen and oxygen atoms in total. The van der Waals surface area contributed by atoms with Gasteiger partial charge in [0.05, 0.1) is 11.7 Å². The lowest BCUT2D eigenvalue weighted by Crippen LogP contribution is -2.03. The van der Waals surface area contributed by atoms with Crippen LogP contribution in [0.15, 0.2) is 47.8 Å². The molecule has 3 N–H and O–H groups in total. The van der Waals surface area contributed by atoms with Crippen LogP contribution in [0.5, 0.6) is 5.75 Å². The number of unbranched alkanes of at least 4 members (excludes halogenated alkanes) is 1. The highest BCUT2D eigenvalue weighted by Gasteiger charge is 2.04. The lowest BCUT2D eigenvalue weighted by atomic mass is 10.1. The van der Waals surface area contributed by atoms with Crippen LogP contribution in [-0.4, -0.2) is 33.0 Å². The van der Waals surface area contributed by atoms with Gasteiger partial charge in [-0.2, -0.15) is 0 Å². The Labute approximate surface area is 156 Å². The van der Waals surface area contributed by atoms with Gasteiger partial charge in [-0.1, -0.05) is 16.8 Å². The second kappa shape index (κ2) is 8.49. The summed E-state index contributed by atoms with van der Waals surface area (Å²) in [6.07, 6.45) is 5.58. The second-order valence-corrected chi connectivity index (χ2v) is 6.29. The summed E-state index contributed by atoms with van der Waals surface area (Å²) in [6, 6.07) is 11.0. The predicted molar refractivity (Wildman–Crippen MR) is 103 cm³/mol. The number of nitrogens with zero attached hydrogens (tertiary/aromatic N) is 3. The maximum Gasteiger partial charge on any atom is 0.142 e. The molecule has 0 aliphatic heterocycles. The van der Waals surface area contributed by atoms with E-state index in [1.165, 1.54) is 0 Å². The van der Waals surface area contributed by atoms with Crippen LogP contribution in [0.4, 0.5) is 5.69 Å². The van der Waals surface area contributed by atoms with Crippen molar-refractivity contribution in [2.75, 3.05) is 11.9 Å². The van der Waals surface area contributed by atoms with E-state index < -0.39 is 0 Å². The van der Waals surface area contributed by atoms with E-state index in [9.17, 15) is 5.11 Å². The van der Waals surface area contributed by atoms with Gasteiger partial charge in [-0.25, -0.2) is 4.98 Å². The normalized spacial score (nSPS) is 11.3. The highest BCUT2D eigenvalue weighted by Crippen LogP contribution is 2.24. The summed E-state index contributed by atoms with van der Waals surface area (Å²) in [5.41, 5.74) is 3.02. The van der Waals surface area contributed by atoms with Crippen molar-refractivity contribution in [1.29, 1.82) is 0 Å². The minimum atomic E-state index is -0.00196. The molecule has 0 spiro atoms. The number of rotatable bonds is 7. The van der Waals surface area contributed by atoms with Crippen molar-refractivity contribution in [3.63, 3.8) is 0 Å². The minimum Gasteiger partial charge on any atom is -0.506 e. The van der Waals surface area contributed by atoms with E-state index in [0.29, 0.717) is 5.02 Å². The number of benzene rings is 1. The molecule has 0 unspecified atom stereocenters. The van der Waals surface area contributed by atoms with Gasteiger partial charge < -0.3 is 15.6 Å². The van der Waals surface area contributed by atoms with E-state index in [-0.39, 0.29) is 11.4 Å². The number of aromatic nitrogens is 2. The zero-order valence-electron chi connectivity index (χ0n) is 14.1. The SMILES string of the molecule is ON=Cc1nc(CCCCNc2ccnc3cc(Cl)ccc23)ccc1O. The topological polar surface area (TPSA) is 90.6 Å². The van der Waals surface area contributed by atoms with Gasteiger partial charge in [-0.15, -0.1) is 0 Å². The molecule has 0 bridgehead atoms. The monoisotopic (exact) mass is 370 g/mol. The van der Waals surface area contributed by atoms with Crippen molar-refractivity contribution in [2.24, 2.45) is 5.16 Å². The Bertz CT molecular complexity index is 931. The van der Waals surface area contributed by atoms with E-state index in [1.54, 1.807) is 18.3 Å². The number of aromatic hydroxyl groups is 1. The number of fused-ring (bicyclic) bond motifs is 1. The quantitative estimate of drug-likeness (QED) is 0.250. The van der Waals surface area contributed by atoms with E-state index in [0.717, 1.165) is 54.3 Å². The van der Waals surface area contributed by atoms with Gasteiger partial charge in [-0.3, -0.25) is 4.98 Å². The molecule has 26 heavy (non-hydrogen) atoms. The Morgan fingerprint density at radius 3 is 2.88 bits per heavy atom. The zero-order chi connectivity index (χ0) is 18.4. The summed E-state index contributed by atoms with van der Waals surface area (Å²) in [4.78, 5) is 8.60. The summed E-state index contributed by atoms with van der Waals surface area (Å²) >= 11 is 6.01. The molecule has 0 aliphatic carbocycles. The lowest BCUT2D eigenvalue weighted by molar-refractivity contribution is 0.321. The number of nitrogens with one attached hydrogen (secondary N) is 1. The highest BCUT2D eigenvalue weighted by molar-refractivity contribution is 6.31. The molecular formula is C19H19ClN4O2. The predicted octanol–water partition coefficient (Wildman–Crippen LogP) is 4.23. The molecule has 0 radical (unpaired) electrons. The number of aryl methyl sites for hydroxylation is 1. The third-order valence-corrected chi connectivity index (χ3v) is 4.26. The van der Waals surface area contributed by atoms with Crippen molar-refractivity contribution in [2.45, 2.75) is 19.3 Å². The Hall–Kier alpha value is -2.86. The summed E-state index contributed by atoms with van der Waals surface area (Å²) in [5.74, 6) is -0.00196. The molecule has 0 atom stereocenters. The molecule has 3 aromatic rings. The van der Waals surface area contributed by atoms with E-state index >= 15 is 0 Å². The fourth-order valence-corrected chi connectivity index (χ4v) is 2.89. The molecule has 2 heterocycles. The summed E-state index contributed by atoms with van der Waals surface area (Å²) in [6.45, 7) is 0.824. The molecule has 0 fully saturated rings. The number of halogens is 1. The second-order valence-electron chi connectivity index (χ2n) is 5.86. The first kappa shape index (κ1) is 17.9. The van der Waals surface area contributed by atoms with Crippen molar-refractivity contribution >= 4 is 34.4 Å². The van der Waals surface area contributed by atoms with Crippen molar-refractivity contribution in [3.05, 3.63) is 59.0 Å². The van der Waals surface area contributed by atoms with Crippen molar-refractivity contribution < 1.29 is 10.3 Å². The third kappa shape index (κ3) is 4.40. The van der Waals surface area contributed by atoms with Gasteiger partial charge in [-0.05, 0) is 55.7 Å². The Kier molecular flexibility index (Phi) is 5.86. The van der Waals surface area contributed by atoms with Crippen LogP contribution in [-0.2, 0) is 6.42 Å². The van der Waals surface area contributed by atoms with Crippen LogP contribution in [0, 0.1) is 0 Å². The smallest absolute Gasteiger partial charge is 0.142 e. The Morgan fingerprint density at radius 1 is 1.15 bits per heavy atom. The first-order valence-corrected chi connectivity index (χ1v) is 8.69. The molecular weight excluding hydrogens is 352 g/mol. The number of hydrogen-bond donors (Lipinski definition) is 3. The standard InChI is InChI=1S/C19H19ClN4O2/c20-13-4-6-15-16(8-10-22-17(15)11-13)21-9-2-1-3-14-5-7-19(25)18(24-14)12-23-26/h4-8,10-12,25-26H,1-3,9H2,(H,21,22). The van der Waals surface area contributed by atoms with E-state index in [2.05, 4.69) is 20.4 Å². The maximum absolute atomic E-state index is 9.62. The molecule has 0 saturated carbocycles.